The monoisotopic (exact) mass is 421 g/mol. The van der Waals surface area contributed by atoms with Crippen molar-refractivity contribution in [3.05, 3.63) is 58.1 Å². The summed E-state index contributed by atoms with van der Waals surface area (Å²) in [6.07, 6.45) is 0.0596. The fourth-order valence-corrected chi connectivity index (χ4v) is 4.07. The first-order valence-electron chi connectivity index (χ1n) is 8.18. The minimum absolute atomic E-state index is 0.0596. The Morgan fingerprint density at radius 1 is 1.26 bits per heavy atom. The molecule has 1 fully saturated rings. The minimum Gasteiger partial charge on any atom is -0.326 e. The van der Waals surface area contributed by atoms with Gasteiger partial charge in [0, 0.05) is 19.2 Å². The zero-order chi connectivity index (χ0) is 19.6. The van der Waals surface area contributed by atoms with E-state index < -0.39 is 5.25 Å². The zero-order valence-electron chi connectivity index (χ0n) is 14.7. The number of nitrogens with one attached hydrogen (secondary N) is 1. The van der Waals surface area contributed by atoms with E-state index in [9.17, 15) is 9.59 Å². The predicted molar refractivity (Wildman–Crippen MR) is 112 cm³/mol. The smallest absolute Gasteiger partial charge is 0.242 e. The summed E-state index contributed by atoms with van der Waals surface area (Å²) in [6.45, 7) is 1.95. The van der Waals surface area contributed by atoms with Crippen molar-refractivity contribution in [2.24, 2.45) is 4.99 Å². The number of anilines is 1. The van der Waals surface area contributed by atoms with Crippen LogP contribution in [0.3, 0.4) is 0 Å². The van der Waals surface area contributed by atoms with Crippen molar-refractivity contribution in [3.8, 4) is 0 Å². The van der Waals surface area contributed by atoms with Crippen LogP contribution >= 0.6 is 35.0 Å². The van der Waals surface area contributed by atoms with E-state index in [-0.39, 0.29) is 18.2 Å². The van der Waals surface area contributed by atoms with E-state index in [0.717, 1.165) is 5.56 Å². The van der Waals surface area contributed by atoms with Gasteiger partial charge in [0.15, 0.2) is 5.17 Å². The molecule has 8 heteroatoms. The minimum atomic E-state index is -0.531. The van der Waals surface area contributed by atoms with Crippen LogP contribution in [-0.4, -0.2) is 34.2 Å². The summed E-state index contributed by atoms with van der Waals surface area (Å²) in [5.74, 6) is -0.391. The molecular weight excluding hydrogens is 405 g/mol. The van der Waals surface area contributed by atoms with Gasteiger partial charge in [-0.05, 0) is 36.8 Å². The first-order chi connectivity index (χ1) is 12.8. The molecule has 1 heterocycles. The molecule has 1 N–H and O–H groups in total. The second-order valence-corrected chi connectivity index (χ2v) is 8.05. The molecule has 0 aromatic heterocycles. The van der Waals surface area contributed by atoms with E-state index in [1.165, 1.54) is 16.7 Å². The maximum Gasteiger partial charge on any atom is 0.242 e. The number of thioether (sulfide) groups is 1. The van der Waals surface area contributed by atoms with Gasteiger partial charge in [-0.1, -0.05) is 53.2 Å². The van der Waals surface area contributed by atoms with E-state index in [0.29, 0.717) is 26.6 Å². The molecule has 5 nitrogen and oxygen atoms in total. The van der Waals surface area contributed by atoms with Crippen molar-refractivity contribution < 1.29 is 9.59 Å². The lowest BCUT2D eigenvalue weighted by Gasteiger charge is -2.10. The summed E-state index contributed by atoms with van der Waals surface area (Å²) in [5, 5.41) is 3.50. The molecule has 1 saturated heterocycles. The number of rotatable bonds is 4. The number of amides is 2. The SMILES string of the molecule is Cc1cccc(NC(=O)C[C@H]2SC(=Nc3cccc(Cl)c3Cl)N(C)C2=O)c1. The Morgan fingerprint density at radius 2 is 2.00 bits per heavy atom. The van der Waals surface area contributed by atoms with Crippen molar-refractivity contribution in [2.45, 2.75) is 18.6 Å². The van der Waals surface area contributed by atoms with Gasteiger partial charge in [0.2, 0.25) is 11.8 Å². The third kappa shape index (κ3) is 4.64. The Kier molecular flexibility index (Phi) is 6.09. The second-order valence-electron chi connectivity index (χ2n) is 6.09. The molecule has 1 atom stereocenters. The molecule has 3 rings (SSSR count). The number of aryl methyl sites for hydroxylation is 1. The standard InChI is InChI=1S/C19H17Cl2N3O2S/c1-11-5-3-6-12(9-11)22-16(25)10-15-18(26)24(2)19(27-15)23-14-8-4-7-13(20)17(14)21/h3-9,15H,10H2,1-2H3,(H,22,25)/t15-/m1/s1. The summed E-state index contributed by atoms with van der Waals surface area (Å²) in [4.78, 5) is 30.7. The molecule has 2 aromatic rings. The first kappa shape index (κ1) is 19.7. The molecule has 0 radical (unpaired) electrons. The van der Waals surface area contributed by atoms with Gasteiger partial charge in [-0.2, -0.15) is 0 Å². The lowest BCUT2D eigenvalue weighted by molar-refractivity contribution is -0.127. The number of benzene rings is 2. The number of nitrogens with zero attached hydrogens (tertiary/aromatic N) is 2. The van der Waals surface area contributed by atoms with Crippen LogP contribution in [0.4, 0.5) is 11.4 Å². The number of halogens is 2. The third-order valence-electron chi connectivity index (χ3n) is 3.96. The maximum absolute atomic E-state index is 12.5. The summed E-state index contributed by atoms with van der Waals surface area (Å²) >= 11 is 13.4. The van der Waals surface area contributed by atoms with Crippen molar-refractivity contribution in [1.82, 2.24) is 4.90 Å². The highest BCUT2D eigenvalue weighted by Crippen LogP contribution is 2.35. The van der Waals surface area contributed by atoms with Crippen LogP contribution < -0.4 is 5.32 Å². The highest BCUT2D eigenvalue weighted by atomic mass is 35.5. The number of hydrogen-bond acceptors (Lipinski definition) is 4. The molecular formula is C19H17Cl2N3O2S. The predicted octanol–water partition coefficient (Wildman–Crippen LogP) is 4.89. The molecule has 0 spiro atoms. The first-order valence-corrected chi connectivity index (χ1v) is 9.82. The Hall–Kier alpha value is -2.02. The van der Waals surface area contributed by atoms with Crippen LogP contribution in [-0.2, 0) is 9.59 Å². The largest absolute Gasteiger partial charge is 0.326 e. The van der Waals surface area contributed by atoms with Gasteiger partial charge in [0.05, 0.1) is 15.7 Å². The van der Waals surface area contributed by atoms with Crippen LogP contribution in [0, 0.1) is 6.92 Å². The van der Waals surface area contributed by atoms with Gasteiger partial charge in [0.1, 0.15) is 5.25 Å². The van der Waals surface area contributed by atoms with Crippen molar-refractivity contribution in [3.63, 3.8) is 0 Å². The molecule has 140 valence electrons. The molecule has 0 bridgehead atoms. The summed E-state index contributed by atoms with van der Waals surface area (Å²) in [6, 6.07) is 12.6. The number of carbonyl (C=O) groups excluding carboxylic acids is 2. The van der Waals surface area contributed by atoms with Gasteiger partial charge in [-0.15, -0.1) is 0 Å². The fraction of sp³-hybridized carbons (Fsp3) is 0.211. The van der Waals surface area contributed by atoms with Gasteiger partial charge in [-0.25, -0.2) is 4.99 Å². The van der Waals surface area contributed by atoms with Gasteiger partial charge in [-0.3, -0.25) is 14.5 Å². The summed E-state index contributed by atoms with van der Waals surface area (Å²) in [7, 11) is 1.63. The topological polar surface area (TPSA) is 61.8 Å². The average Bonchev–Trinajstić information content (AvgIpc) is 2.87. The highest BCUT2D eigenvalue weighted by Gasteiger charge is 2.37. The Labute approximate surface area is 171 Å². The molecule has 2 amide bonds. The van der Waals surface area contributed by atoms with Crippen LogP contribution in [0.2, 0.25) is 10.0 Å². The van der Waals surface area contributed by atoms with Crippen LogP contribution in [0.15, 0.2) is 47.5 Å². The van der Waals surface area contributed by atoms with Gasteiger partial charge < -0.3 is 5.32 Å². The third-order valence-corrected chi connectivity index (χ3v) is 6.00. The van der Waals surface area contributed by atoms with E-state index in [1.807, 2.05) is 31.2 Å². The zero-order valence-corrected chi connectivity index (χ0v) is 17.0. The van der Waals surface area contributed by atoms with E-state index in [2.05, 4.69) is 10.3 Å². The molecule has 2 aromatic carbocycles. The maximum atomic E-state index is 12.5. The normalized spacial score (nSPS) is 18.2. The van der Waals surface area contributed by atoms with Gasteiger partial charge in [0.25, 0.3) is 0 Å². The number of aliphatic imine (C=N–C) groups is 1. The average molecular weight is 422 g/mol. The van der Waals surface area contributed by atoms with Gasteiger partial charge >= 0.3 is 0 Å². The molecule has 0 saturated carbocycles. The molecule has 1 aliphatic heterocycles. The number of carbonyl (C=O) groups is 2. The Balaban J connectivity index is 1.71. The number of amidine groups is 1. The van der Waals surface area contributed by atoms with Crippen LogP contribution in [0.5, 0.6) is 0 Å². The highest BCUT2D eigenvalue weighted by molar-refractivity contribution is 8.15. The molecule has 0 unspecified atom stereocenters. The van der Waals surface area contributed by atoms with Crippen LogP contribution in [0.1, 0.15) is 12.0 Å². The van der Waals surface area contributed by atoms with Crippen molar-refractivity contribution in [1.29, 1.82) is 0 Å². The molecule has 0 aliphatic carbocycles. The Morgan fingerprint density at radius 3 is 2.74 bits per heavy atom. The quantitative estimate of drug-likeness (QED) is 0.763. The fourth-order valence-electron chi connectivity index (χ4n) is 2.58. The summed E-state index contributed by atoms with van der Waals surface area (Å²) in [5.41, 5.74) is 2.24. The van der Waals surface area contributed by atoms with E-state index in [4.69, 9.17) is 23.2 Å². The summed E-state index contributed by atoms with van der Waals surface area (Å²) < 4.78 is 0. The molecule has 27 heavy (non-hydrogen) atoms. The van der Waals surface area contributed by atoms with E-state index >= 15 is 0 Å². The molecule has 1 aliphatic rings. The van der Waals surface area contributed by atoms with E-state index in [1.54, 1.807) is 25.2 Å². The van der Waals surface area contributed by atoms with Crippen molar-refractivity contribution in [2.75, 3.05) is 12.4 Å². The van der Waals surface area contributed by atoms with Crippen molar-refractivity contribution >= 4 is 63.3 Å². The number of hydrogen-bond donors (Lipinski definition) is 1. The van der Waals surface area contributed by atoms with Crippen LogP contribution in [0.25, 0.3) is 0 Å². The lowest BCUT2D eigenvalue weighted by Crippen LogP contribution is -2.30. The Bertz CT molecular complexity index is 933. The lowest BCUT2D eigenvalue weighted by atomic mass is 10.2. The second kappa shape index (κ2) is 8.33.